The van der Waals surface area contributed by atoms with Crippen LogP contribution < -0.4 is 0 Å². The average molecular weight is 188 g/mol. The molecule has 0 aromatic rings. The van der Waals surface area contributed by atoms with E-state index in [9.17, 15) is 9.00 Å². The smallest absolute Gasteiger partial charge is 0.134 e. The molecule has 1 saturated carbocycles. The van der Waals surface area contributed by atoms with E-state index in [0.717, 1.165) is 25.0 Å². The SMILES string of the molecule is CCCS(=O)C1CCCC(=O)C1. The Labute approximate surface area is 76.2 Å². The van der Waals surface area contributed by atoms with Gasteiger partial charge in [-0.3, -0.25) is 9.00 Å². The summed E-state index contributed by atoms with van der Waals surface area (Å²) in [5.41, 5.74) is 0. The number of Topliss-reactive ketones (excluding diaryl/α,β-unsaturated/α-hetero) is 1. The highest BCUT2D eigenvalue weighted by atomic mass is 32.2. The first kappa shape index (κ1) is 9.90. The minimum absolute atomic E-state index is 0.172. The maximum atomic E-state index is 11.5. The molecule has 0 bridgehead atoms. The molecular formula is C9H16O2S. The molecule has 0 amide bonds. The van der Waals surface area contributed by atoms with E-state index >= 15 is 0 Å². The molecule has 2 unspecified atom stereocenters. The second-order valence-electron chi connectivity index (χ2n) is 3.34. The lowest BCUT2D eigenvalue weighted by atomic mass is 9.99. The van der Waals surface area contributed by atoms with Crippen LogP contribution in [0.3, 0.4) is 0 Å². The molecule has 1 fully saturated rings. The third kappa shape index (κ3) is 2.70. The molecule has 0 spiro atoms. The molecule has 1 rings (SSSR count). The Kier molecular flexibility index (Phi) is 3.92. The van der Waals surface area contributed by atoms with Crippen LogP contribution in [0, 0.1) is 0 Å². The monoisotopic (exact) mass is 188 g/mol. The predicted octanol–water partition coefficient (Wildman–Crippen LogP) is 1.66. The topological polar surface area (TPSA) is 34.1 Å². The van der Waals surface area contributed by atoms with Crippen LogP contribution >= 0.6 is 0 Å². The van der Waals surface area contributed by atoms with E-state index in [1.54, 1.807) is 0 Å². The van der Waals surface area contributed by atoms with Crippen molar-refractivity contribution < 1.29 is 9.00 Å². The molecule has 0 N–H and O–H groups in total. The summed E-state index contributed by atoms with van der Waals surface area (Å²) in [7, 11) is -0.748. The molecular weight excluding hydrogens is 172 g/mol. The van der Waals surface area contributed by atoms with Crippen molar-refractivity contribution >= 4 is 16.6 Å². The highest BCUT2D eigenvalue weighted by molar-refractivity contribution is 7.85. The summed E-state index contributed by atoms with van der Waals surface area (Å²) < 4.78 is 11.5. The molecule has 0 aromatic carbocycles. The fourth-order valence-electron chi connectivity index (χ4n) is 1.58. The summed E-state index contributed by atoms with van der Waals surface area (Å²) in [4.78, 5) is 11.0. The Bertz CT molecular complexity index is 189. The van der Waals surface area contributed by atoms with Crippen molar-refractivity contribution in [2.75, 3.05) is 5.75 Å². The van der Waals surface area contributed by atoms with Gasteiger partial charge < -0.3 is 0 Å². The Balaban J connectivity index is 2.40. The fraction of sp³-hybridized carbons (Fsp3) is 0.889. The second-order valence-corrected chi connectivity index (χ2v) is 5.18. The molecule has 0 heterocycles. The third-order valence-electron chi connectivity index (χ3n) is 2.21. The first-order chi connectivity index (χ1) is 5.74. The third-order valence-corrected chi connectivity index (χ3v) is 4.17. The summed E-state index contributed by atoms with van der Waals surface area (Å²) in [6.45, 7) is 2.03. The van der Waals surface area contributed by atoms with Gasteiger partial charge in [0.25, 0.3) is 0 Å². The van der Waals surface area contributed by atoms with Crippen molar-refractivity contribution in [2.24, 2.45) is 0 Å². The van der Waals surface area contributed by atoms with Gasteiger partial charge in [-0.1, -0.05) is 6.92 Å². The number of hydrogen-bond acceptors (Lipinski definition) is 2. The van der Waals surface area contributed by atoms with Crippen LogP contribution in [0.1, 0.15) is 39.0 Å². The lowest BCUT2D eigenvalue weighted by Crippen LogP contribution is -2.25. The van der Waals surface area contributed by atoms with E-state index in [1.165, 1.54) is 0 Å². The Morgan fingerprint density at radius 3 is 2.92 bits per heavy atom. The minimum atomic E-state index is -0.748. The number of hydrogen-bond donors (Lipinski definition) is 0. The molecule has 1 aliphatic carbocycles. The first-order valence-corrected chi connectivity index (χ1v) is 6.01. The molecule has 1 aliphatic rings. The summed E-state index contributed by atoms with van der Waals surface area (Å²) in [5, 5.41) is 0.172. The van der Waals surface area contributed by atoms with Gasteiger partial charge in [-0.15, -0.1) is 0 Å². The lowest BCUT2D eigenvalue weighted by Gasteiger charge is -2.19. The summed E-state index contributed by atoms with van der Waals surface area (Å²) in [5.74, 6) is 1.06. The van der Waals surface area contributed by atoms with Gasteiger partial charge in [0.2, 0.25) is 0 Å². The molecule has 0 saturated heterocycles. The summed E-state index contributed by atoms with van der Waals surface area (Å²) in [6, 6.07) is 0. The van der Waals surface area contributed by atoms with Gasteiger partial charge in [0.15, 0.2) is 0 Å². The molecule has 0 radical (unpaired) electrons. The number of carbonyl (C=O) groups excluding carboxylic acids is 1. The molecule has 0 aromatic heterocycles. The van der Waals surface area contributed by atoms with Crippen LogP contribution in [0.25, 0.3) is 0 Å². The molecule has 2 atom stereocenters. The zero-order valence-corrected chi connectivity index (χ0v) is 8.36. The largest absolute Gasteiger partial charge is 0.300 e. The average Bonchev–Trinajstić information content (AvgIpc) is 2.05. The van der Waals surface area contributed by atoms with Crippen LogP contribution in [0.15, 0.2) is 0 Å². The molecule has 12 heavy (non-hydrogen) atoms. The molecule has 2 nitrogen and oxygen atoms in total. The van der Waals surface area contributed by atoms with Gasteiger partial charge in [-0.05, 0) is 19.3 Å². The van der Waals surface area contributed by atoms with E-state index in [-0.39, 0.29) is 5.25 Å². The number of carbonyl (C=O) groups is 1. The Morgan fingerprint density at radius 2 is 2.33 bits per heavy atom. The molecule has 3 heteroatoms. The van der Waals surface area contributed by atoms with Gasteiger partial charge >= 0.3 is 0 Å². The van der Waals surface area contributed by atoms with Crippen LogP contribution in [0.5, 0.6) is 0 Å². The highest BCUT2D eigenvalue weighted by Crippen LogP contribution is 2.19. The van der Waals surface area contributed by atoms with Crippen LogP contribution in [0.4, 0.5) is 0 Å². The standard InChI is InChI=1S/C9H16O2S/c1-2-6-12(11)9-5-3-4-8(10)7-9/h9H,2-7H2,1H3. The van der Waals surface area contributed by atoms with Gasteiger partial charge in [-0.2, -0.15) is 0 Å². The van der Waals surface area contributed by atoms with Gasteiger partial charge in [0.05, 0.1) is 0 Å². The summed E-state index contributed by atoms with van der Waals surface area (Å²) in [6.07, 6.45) is 4.15. The van der Waals surface area contributed by atoms with E-state index in [2.05, 4.69) is 0 Å². The van der Waals surface area contributed by atoms with Crippen LogP contribution in [-0.2, 0) is 15.6 Å². The lowest BCUT2D eigenvalue weighted by molar-refractivity contribution is -0.120. The van der Waals surface area contributed by atoms with Crippen LogP contribution in [0.2, 0.25) is 0 Å². The van der Waals surface area contributed by atoms with Gasteiger partial charge in [0, 0.05) is 34.6 Å². The zero-order chi connectivity index (χ0) is 8.97. The maximum Gasteiger partial charge on any atom is 0.134 e. The van der Waals surface area contributed by atoms with E-state index < -0.39 is 10.8 Å². The zero-order valence-electron chi connectivity index (χ0n) is 7.54. The van der Waals surface area contributed by atoms with Crippen molar-refractivity contribution in [3.8, 4) is 0 Å². The Morgan fingerprint density at radius 1 is 1.58 bits per heavy atom. The summed E-state index contributed by atoms with van der Waals surface area (Å²) >= 11 is 0. The van der Waals surface area contributed by atoms with E-state index in [1.807, 2.05) is 6.92 Å². The number of rotatable bonds is 3. The second kappa shape index (κ2) is 4.75. The van der Waals surface area contributed by atoms with Crippen molar-refractivity contribution in [3.63, 3.8) is 0 Å². The maximum absolute atomic E-state index is 11.5. The first-order valence-electron chi connectivity index (χ1n) is 4.63. The van der Waals surface area contributed by atoms with Crippen molar-refractivity contribution in [1.82, 2.24) is 0 Å². The van der Waals surface area contributed by atoms with Crippen molar-refractivity contribution in [2.45, 2.75) is 44.3 Å². The number of ketones is 1. The van der Waals surface area contributed by atoms with Crippen molar-refractivity contribution in [1.29, 1.82) is 0 Å². The Hall–Kier alpha value is -0.180. The fourth-order valence-corrected chi connectivity index (χ4v) is 3.11. The van der Waals surface area contributed by atoms with E-state index in [4.69, 9.17) is 0 Å². The normalized spacial score (nSPS) is 27.1. The van der Waals surface area contributed by atoms with E-state index in [0.29, 0.717) is 18.6 Å². The molecule has 70 valence electrons. The minimum Gasteiger partial charge on any atom is -0.300 e. The highest BCUT2D eigenvalue weighted by Gasteiger charge is 2.23. The van der Waals surface area contributed by atoms with Gasteiger partial charge in [-0.25, -0.2) is 0 Å². The quantitative estimate of drug-likeness (QED) is 0.675. The predicted molar refractivity (Wildman–Crippen MR) is 50.6 cm³/mol. The van der Waals surface area contributed by atoms with Gasteiger partial charge in [0.1, 0.15) is 5.78 Å². The molecule has 0 aliphatic heterocycles. The van der Waals surface area contributed by atoms with Crippen LogP contribution in [-0.4, -0.2) is 21.0 Å². The van der Waals surface area contributed by atoms with Crippen molar-refractivity contribution in [3.05, 3.63) is 0 Å².